The molecule has 0 radical (unpaired) electrons. The van der Waals surface area contributed by atoms with E-state index in [0.29, 0.717) is 11.4 Å². The molecular formula is C9H7N4O2+. The second-order valence-corrected chi connectivity index (χ2v) is 2.77. The third-order valence-electron chi connectivity index (χ3n) is 1.79. The Kier molecular flexibility index (Phi) is 2.32. The van der Waals surface area contributed by atoms with Gasteiger partial charge in [0.2, 0.25) is 0 Å². The minimum absolute atomic E-state index is 0.0719. The molecule has 2 aromatic rings. The highest BCUT2D eigenvalue weighted by atomic mass is 16.6. The summed E-state index contributed by atoms with van der Waals surface area (Å²) in [5.74, 6) is 0. The molecular weight excluding hydrogens is 196 g/mol. The largest absolute Gasteiger partial charge is 0.334 e. The molecule has 2 aromatic heterocycles. The smallest absolute Gasteiger partial charge is 0.261 e. The molecule has 6 heteroatoms. The van der Waals surface area contributed by atoms with Crippen molar-refractivity contribution in [3.05, 3.63) is 41.8 Å². The highest BCUT2D eigenvalue weighted by molar-refractivity contribution is 5.53. The van der Waals surface area contributed by atoms with Gasteiger partial charge in [0, 0.05) is 18.5 Å². The molecule has 0 saturated heterocycles. The molecule has 15 heavy (non-hydrogen) atoms. The van der Waals surface area contributed by atoms with E-state index in [2.05, 4.69) is 15.0 Å². The zero-order valence-corrected chi connectivity index (χ0v) is 7.61. The molecule has 0 aliphatic heterocycles. The van der Waals surface area contributed by atoms with E-state index in [-0.39, 0.29) is 10.6 Å². The molecule has 0 spiro atoms. The second-order valence-electron chi connectivity index (χ2n) is 2.77. The Morgan fingerprint density at radius 2 is 1.93 bits per heavy atom. The van der Waals surface area contributed by atoms with Gasteiger partial charge >= 0.3 is 5.69 Å². The predicted octanol–water partition coefficient (Wildman–Crippen LogP) is 1.34. The van der Waals surface area contributed by atoms with Crippen molar-refractivity contribution in [1.82, 2.24) is 15.0 Å². The van der Waals surface area contributed by atoms with Gasteiger partial charge in [-0.2, -0.15) is 0 Å². The standard InChI is InChI=1S/C9H7N4O2/c14-13(15)7-1-2-8(12-5-7)9-6-10-3-4-11-9/h1-6H,(H,14,15)/q+1. The molecule has 0 aromatic carbocycles. The highest BCUT2D eigenvalue weighted by Gasteiger charge is 2.11. The van der Waals surface area contributed by atoms with Crippen molar-refractivity contribution in [3.63, 3.8) is 0 Å². The van der Waals surface area contributed by atoms with Gasteiger partial charge in [-0.15, -0.1) is 0 Å². The summed E-state index contributed by atoms with van der Waals surface area (Å²) in [5, 5.41) is 8.59. The number of aromatic nitrogens is 3. The zero-order chi connectivity index (χ0) is 10.7. The van der Waals surface area contributed by atoms with Crippen molar-refractivity contribution in [1.29, 1.82) is 0 Å². The minimum atomic E-state index is -0.243. The molecule has 0 aliphatic rings. The van der Waals surface area contributed by atoms with Crippen molar-refractivity contribution in [2.75, 3.05) is 0 Å². The van der Waals surface area contributed by atoms with E-state index >= 15 is 0 Å². The summed E-state index contributed by atoms with van der Waals surface area (Å²) in [6.07, 6.45) is 5.94. The maximum Gasteiger partial charge on any atom is 0.334 e. The number of rotatable bonds is 2. The van der Waals surface area contributed by atoms with Crippen molar-refractivity contribution in [2.45, 2.75) is 0 Å². The Balaban J connectivity index is 2.36. The molecule has 0 unspecified atom stereocenters. The first-order valence-electron chi connectivity index (χ1n) is 4.16. The number of hydrogen-bond acceptors (Lipinski definition) is 4. The molecule has 74 valence electrons. The molecule has 0 fully saturated rings. The number of pyridine rings is 1. The summed E-state index contributed by atoms with van der Waals surface area (Å²) in [5.41, 5.74) is 1.27. The highest BCUT2D eigenvalue weighted by Crippen LogP contribution is 2.15. The summed E-state index contributed by atoms with van der Waals surface area (Å²) >= 11 is 0. The lowest BCUT2D eigenvalue weighted by Gasteiger charge is -1.96. The topological polar surface area (TPSA) is 79.0 Å². The fourth-order valence-electron chi connectivity index (χ4n) is 1.08. The van der Waals surface area contributed by atoms with Crippen LogP contribution in [0.1, 0.15) is 0 Å². The van der Waals surface area contributed by atoms with Crippen LogP contribution in [0.5, 0.6) is 0 Å². The average Bonchev–Trinajstić information content (AvgIpc) is 2.30. The van der Waals surface area contributed by atoms with Gasteiger partial charge in [0.25, 0.3) is 4.92 Å². The van der Waals surface area contributed by atoms with Crippen molar-refractivity contribution in [2.24, 2.45) is 0 Å². The zero-order valence-electron chi connectivity index (χ0n) is 7.61. The van der Waals surface area contributed by atoms with Gasteiger partial charge < -0.3 is 0 Å². The first-order chi connectivity index (χ1) is 7.27. The minimum Gasteiger partial charge on any atom is -0.261 e. The van der Waals surface area contributed by atoms with Gasteiger partial charge in [-0.1, -0.05) is 0 Å². The van der Waals surface area contributed by atoms with E-state index < -0.39 is 0 Å². The summed E-state index contributed by atoms with van der Waals surface area (Å²) < 4.78 is 0. The van der Waals surface area contributed by atoms with E-state index in [1.807, 2.05) is 0 Å². The monoisotopic (exact) mass is 203 g/mol. The van der Waals surface area contributed by atoms with Gasteiger partial charge in [0.15, 0.2) is 0 Å². The quantitative estimate of drug-likeness (QED) is 0.745. The Hall–Kier alpha value is -2.37. The third-order valence-corrected chi connectivity index (χ3v) is 1.79. The van der Waals surface area contributed by atoms with Crippen LogP contribution in [0.25, 0.3) is 11.4 Å². The molecule has 0 atom stereocenters. The summed E-state index contributed by atoms with van der Waals surface area (Å²) in [7, 11) is 0. The lowest BCUT2D eigenvalue weighted by atomic mass is 10.3. The maximum absolute atomic E-state index is 10.5. The maximum atomic E-state index is 10.5. The fourth-order valence-corrected chi connectivity index (χ4v) is 1.08. The molecule has 0 saturated carbocycles. The van der Waals surface area contributed by atoms with Crippen LogP contribution < -0.4 is 0 Å². The Morgan fingerprint density at radius 1 is 1.07 bits per heavy atom. The van der Waals surface area contributed by atoms with E-state index in [4.69, 9.17) is 5.21 Å². The van der Waals surface area contributed by atoms with E-state index in [0.717, 1.165) is 0 Å². The van der Waals surface area contributed by atoms with Crippen LogP contribution >= 0.6 is 0 Å². The summed E-state index contributed by atoms with van der Waals surface area (Å²) in [4.78, 5) is 22.2. The summed E-state index contributed by atoms with van der Waals surface area (Å²) in [6, 6.07) is 3.03. The SMILES string of the molecule is O=[N+](O)c1ccc(-c2cnccn2)nc1. The van der Waals surface area contributed by atoms with Crippen LogP contribution in [0.4, 0.5) is 5.69 Å². The fraction of sp³-hybridized carbons (Fsp3) is 0. The first-order valence-corrected chi connectivity index (χ1v) is 4.16. The first kappa shape index (κ1) is 9.20. The van der Waals surface area contributed by atoms with Crippen LogP contribution in [0.15, 0.2) is 36.9 Å². The number of nitrogens with zero attached hydrogens (tertiary/aromatic N) is 4. The molecule has 2 rings (SSSR count). The van der Waals surface area contributed by atoms with Gasteiger partial charge in [-0.25, -0.2) is 10.2 Å². The van der Waals surface area contributed by atoms with E-state index in [1.165, 1.54) is 12.3 Å². The van der Waals surface area contributed by atoms with Crippen molar-refractivity contribution in [3.8, 4) is 11.4 Å². The second kappa shape index (κ2) is 3.79. The molecule has 2 heterocycles. The summed E-state index contributed by atoms with van der Waals surface area (Å²) in [6.45, 7) is 0. The van der Waals surface area contributed by atoms with E-state index in [9.17, 15) is 4.91 Å². The molecule has 1 N–H and O–H groups in total. The lowest BCUT2D eigenvalue weighted by Crippen LogP contribution is -1.93. The van der Waals surface area contributed by atoms with Crippen molar-refractivity contribution < 1.29 is 10.1 Å². The van der Waals surface area contributed by atoms with Gasteiger partial charge in [0.05, 0.1) is 16.8 Å². The van der Waals surface area contributed by atoms with Crippen LogP contribution in [0.3, 0.4) is 0 Å². The Morgan fingerprint density at radius 3 is 2.47 bits per heavy atom. The Labute approximate surface area is 84.8 Å². The van der Waals surface area contributed by atoms with Gasteiger partial charge in [-0.05, 0) is 6.07 Å². The molecule has 0 amide bonds. The van der Waals surface area contributed by atoms with Crippen molar-refractivity contribution >= 4 is 5.69 Å². The lowest BCUT2D eigenvalue weighted by molar-refractivity contribution is -0.729. The third kappa shape index (κ3) is 1.93. The Bertz CT molecular complexity index is 469. The predicted molar refractivity (Wildman–Crippen MR) is 50.3 cm³/mol. The number of hydrogen-bond donors (Lipinski definition) is 1. The van der Waals surface area contributed by atoms with Crippen LogP contribution in [-0.2, 0) is 0 Å². The average molecular weight is 203 g/mol. The molecule has 0 aliphatic carbocycles. The molecule has 6 nitrogen and oxygen atoms in total. The molecule has 0 bridgehead atoms. The normalized spacial score (nSPS) is 9.87. The van der Waals surface area contributed by atoms with E-state index in [1.54, 1.807) is 24.7 Å². The van der Waals surface area contributed by atoms with Crippen LogP contribution in [-0.4, -0.2) is 25.1 Å². The van der Waals surface area contributed by atoms with Crippen LogP contribution in [0.2, 0.25) is 0 Å². The van der Waals surface area contributed by atoms with Crippen LogP contribution in [0, 0.1) is 4.91 Å². The van der Waals surface area contributed by atoms with Gasteiger partial charge in [-0.3, -0.25) is 9.97 Å². The van der Waals surface area contributed by atoms with Gasteiger partial charge in [0.1, 0.15) is 11.9 Å².